The highest BCUT2D eigenvalue weighted by molar-refractivity contribution is 7.11. The first-order valence-electron chi connectivity index (χ1n) is 6.13. The number of thiazole rings is 1. The molecule has 0 aliphatic carbocycles. The first-order valence-corrected chi connectivity index (χ1v) is 7.39. The predicted molar refractivity (Wildman–Crippen MR) is 82.9 cm³/mol. The summed E-state index contributed by atoms with van der Waals surface area (Å²) in [7, 11) is 0. The summed E-state index contributed by atoms with van der Waals surface area (Å²) in [5.41, 5.74) is 1.81. The molecular formula is C14H11ClFN3OS. The van der Waals surface area contributed by atoms with E-state index in [0.29, 0.717) is 16.3 Å². The molecule has 1 aliphatic rings. The molecule has 0 unspecified atom stereocenters. The van der Waals surface area contributed by atoms with E-state index < -0.39 is 5.82 Å². The molecule has 0 saturated carbocycles. The van der Waals surface area contributed by atoms with Gasteiger partial charge in [-0.15, -0.1) is 11.3 Å². The summed E-state index contributed by atoms with van der Waals surface area (Å²) >= 11 is 7.15. The lowest BCUT2D eigenvalue weighted by Gasteiger charge is -2.18. The van der Waals surface area contributed by atoms with Gasteiger partial charge in [-0.2, -0.15) is 0 Å². The number of rotatable bonds is 2. The fraction of sp³-hybridized carbons (Fsp3) is 0.143. The summed E-state index contributed by atoms with van der Waals surface area (Å²) in [5.74, 6) is -0.307. The van der Waals surface area contributed by atoms with Gasteiger partial charge in [-0.3, -0.25) is 5.41 Å². The second kappa shape index (κ2) is 5.13. The van der Waals surface area contributed by atoms with E-state index in [1.165, 1.54) is 29.5 Å². The number of aromatic nitrogens is 1. The Hall–Kier alpha value is -1.92. The van der Waals surface area contributed by atoms with E-state index in [0.717, 1.165) is 5.69 Å². The number of nitrogens with one attached hydrogen (secondary N) is 1. The molecule has 2 heterocycles. The van der Waals surface area contributed by atoms with Gasteiger partial charge in [-0.25, -0.2) is 9.37 Å². The zero-order valence-corrected chi connectivity index (χ0v) is 12.6. The van der Waals surface area contributed by atoms with Crippen LogP contribution in [0.15, 0.2) is 29.3 Å². The van der Waals surface area contributed by atoms with Crippen LogP contribution in [-0.2, 0) is 0 Å². The molecule has 0 saturated heterocycles. The quantitative estimate of drug-likeness (QED) is 0.877. The SMILES string of the molecule is Cc1csc(C2=C(O)CN(c3ccc(F)c(Cl)c3)C2=N)n1. The van der Waals surface area contributed by atoms with Crippen LogP contribution in [0.25, 0.3) is 5.57 Å². The van der Waals surface area contributed by atoms with Gasteiger partial charge in [-0.1, -0.05) is 11.6 Å². The summed E-state index contributed by atoms with van der Waals surface area (Å²) in [6, 6.07) is 4.21. The molecule has 0 atom stereocenters. The van der Waals surface area contributed by atoms with Crippen LogP contribution >= 0.6 is 22.9 Å². The van der Waals surface area contributed by atoms with E-state index >= 15 is 0 Å². The molecule has 2 aromatic rings. The second-order valence-corrected chi connectivity index (χ2v) is 5.91. The van der Waals surface area contributed by atoms with Crippen LogP contribution in [0.2, 0.25) is 5.02 Å². The number of anilines is 1. The molecule has 2 N–H and O–H groups in total. The summed E-state index contributed by atoms with van der Waals surface area (Å²) in [5, 5.41) is 20.8. The van der Waals surface area contributed by atoms with E-state index in [1.54, 1.807) is 4.90 Å². The minimum atomic E-state index is -0.515. The largest absolute Gasteiger partial charge is 0.510 e. The Labute approximate surface area is 129 Å². The zero-order chi connectivity index (χ0) is 15.1. The third-order valence-corrected chi connectivity index (χ3v) is 4.42. The molecule has 21 heavy (non-hydrogen) atoms. The van der Waals surface area contributed by atoms with Gasteiger partial charge in [0.2, 0.25) is 0 Å². The lowest BCUT2D eigenvalue weighted by atomic mass is 10.2. The van der Waals surface area contributed by atoms with Crippen LogP contribution in [-0.4, -0.2) is 22.5 Å². The Morgan fingerprint density at radius 2 is 2.24 bits per heavy atom. The van der Waals surface area contributed by atoms with Crippen LogP contribution in [0.4, 0.5) is 10.1 Å². The fourth-order valence-corrected chi connectivity index (χ4v) is 3.19. The average molecular weight is 324 g/mol. The Kier molecular flexibility index (Phi) is 3.43. The van der Waals surface area contributed by atoms with Crippen molar-refractivity contribution in [3.05, 3.63) is 50.9 Å². The van der Waals surface area contributed by atoms with Gasteiger partial charge in [-0.05, 0) is 25.1 Å². The molecule has 0 spiro atoms. The monoisotopic (exact) mass is 323 g/mol. The van der Waals surface area contributed by atoms with E-state index in [-0.39, 0.29) is 23.2 Å². The van der Waals surface area contributed by atoms with Gasteiger partial charge in [0, 0.05) is 16.8 Å². The van der Waals surface area contributed by atoms with Crippen molar-refractivity contribution in [2.24, 2.45) is 0 Å². The number of hydrogen-bond acceptors (Lipinski definition) is 4. The van der Waals surface area contributed by atoms with Crippen LogP contribution in [0.1, 0.15) is 10.7 Å². The Morgan fingerprint density at radius 3 is 2.86 bits per heavy atom. The van der Waals surface area contributed by atoms with Crippen LogP contribution in [0, 0.1) is 18.2 Å². The number of aryl methyl sites for hydroxylation is 1. The number of benzene rings is 1. The highest BCUT2D eigenvalue weighted by Gasteiger charge is 2.31. The maximum absolute atomic E-state index is 13.2. The maximum atomic E-state index is 13.2. The van der Waals surface area contributed by atoms with Crippen molar-refractivity contribution in [2.45, 2.75) is 6.92 Å². The van der Waals surface area contributed by atoms with Gasteiger partial charge in [0.1, 0.15) is 22.4 Å². The van der Waals surface area contributed by atoms with Crippen molar-refractivity contribution in [1.82, 2.24) is 4.98 Å². The van der Waals surface area contributed by atoms with Crippen LogP contribution < -0.4 is 4.90 Å². The molecular weight excluding hydrogens is 313 g/mol. The summed E-state index contributed by atoms with van der Waals surface area (Å²) < 4.78 is 13.2. The van der Waals surface area contributed by atoms with Gasteiger partial charge >= 0.3 is 0 Å². The van der Waals surface area contributed by atoms with Crippen molar-refractivity contribution in [3.8, 4) is 0 Å². The average Bonchev–Trinajstić information content (AvgIpc) is 2.97. The Morgan fingerprint density at radius 1 is 1.48 bits per heavy atom. The Bertz CT molecular complexity index is 771. The Balaban J connectivity index is 1.96. The molecule has 0 bridgehead atoms. The molecule has 3 rings (SSSR count). The van der Waals surface area contributed by atoms with Gasteiger partial charge in [0.25, 0.3) is 0 Å². The fourth-order valence-electron chi connectivity index (χ4n) is 2.15. The molecule has 0 fully saturated rings. The van der Waals surface area contributed by atoms with E-state index in [1.807, 2.05) is 12.3 Å². The number of halogens is 2. The lowest BCUT2D eigenvalue weighted by Crippen LogP contribution is -2.26. The van der Waals surface area contributed by atoms with Crippen molar-refractivity contribution in [2.75, 3.05) is 11.4 Å². The van der Waals surface area contributed by atoms with Crippen molar-refractivity contribution in [1.29, 1.82) is 5.41 Å². The van der Waals surface area contributed by atoms with Gasteiger partial charge < -0.3 is 10.0 Å². The standard InChI is InChI=1S/C14H11ClFN3OS/c1-7-6-21-14(18-7)12-11(20)5-19(13(12)17)8-2-3-10(16)9(15)4-8/h2-4,6,17,20H,5H2,1H3. The highest BCUT2D eigenvalue weighted by Crippen LogP contribution is 2.33. The minimum Gasteiger partial charge on any atom is -0.510 e. The molecule has 108 valence electrons. The number of nitrogens with zero attached hydrogens (tertiary/aromatic N) is 2. The zero-order valence-electron chi connectivity index (χ0n) is 11.0. The van der Waals surface area contributed by atoms with Crippen LogP contribution in [0.5, 0.6) is 0 Å². The van der Waals surface area contributed by atoms with Crippen LogP contribution in [0.3, 0.4) is 0 Å². The molecule has 0 radical (unpaired) electrons. The third kappa shape index (κ3) is 2.41. The maximum Gasteiger partial charge on any atom is 0.141 e. The molecule has 1 aromatic heterocycles. The minimum absolute atomic E-state index is 0.0154. The molecule has 0 amide bonds. The summed E-state index contributed by atoms with van der Waals surface area (Å²) in [4.78, 5) is 5.86. The second-order valence-electron chi connectivity index (χ2n) is 4.65. The summed E-state index contributed by atoms with van der Waals surface area (Å²) in [6.45, 7) is 2.00. The van der Waals surface area contributed by atoms with E-state index in [9.17, 15) is 9.50 Å². The van der Waals surface area contributed by atoms with Crippen molar-refractivity contribution in [3.63, 3.8) is 0 Å². The molecule has 1 aromatic carbocycles. The van der Waals surface area contributed by atoms with Crippen molar-refractivity contribution >= 4 is 40.0 Å². The highest BCUT2D eigenvalue weighted by atomic mass is 35.5. The van der Waals surface area contributed by atoms with Gasteiger partial charge in [0.15, 0.2) is 0 Å². The lowest BCUT2D eigenvalue weighted by molar-refractivity contribution is 0.411. The smallest absolute Gasteiger partial charge is 0.141 e. The normalized spacial score (nSPS) is 15.2. The third-order valence-electron chi connectivity index (χ3n) is 3.15. The van der Waals surface area contributed by atoms with Crippen molar-refractivity contribution < 1.29 is 9.50 Å². The number of hydrogen-bond donors (Lipinski definition) is 2. The first kappa shape index (κ1) is 14.0. The number of aliphatic hydroxyl groups is 1. The summed E-state index contributed by atoms with van der Waals surface area (Å²) in [6.07, 6.45) is 0. The predicted octanol–water partition coefficient (Wildman–Crippen LogP) is 4.01. The van der Waals surface area contributed by atoms with Gasteiger partial charge in [0.05, 0.1) is 17.1 Å². The molecule has 1 aliphatic heterocycles. The molecule has 4 nitrogen and oxygen atoms in total. The number of aliphatic hydroxyl groups excluding tert-OH is 1. The number of amidine groups is 1. The van der Waals surface area contributed by atoms with E-state index in [4.69, 9.17) is 17.0 Å². The molecule has 7 heteroatoms. The van der Waals surface area contributed by atoms with E-state index in [2.05, 4.69) is 4.98 Å². The first-order chi connectivity index (χ1) is 9.97. The topological polar surface area (TPSA) is 60.2 Å².